The van der Waals surface area contributed by atoms with Gasteiger partial charge >= 0.3 is 0 Å². The van der Waals surface area contributed by atoms with Crippen molar-refractivity contribution < 1.29 is 0 Å². The van der Waals surface area contributed by atoms with Gasteiger partial charge in [0, 0.05) is 56.9 Å². The van der Waals surface area contributed by atoms with E-state index < -0.39 is 0 Å². The molecule has 8 N–H and O–H groups in total. The van der Waals surface area contributed by atoms with Gasteiger partial charge < -0.3 is 37.6 Å². The maximum Gasteiger partial charge on any atom is 0.232 e. The van der Waals surface area contributed by atoms with Gasteiger partial charge in [0.1, 0.15) is 0 Å². The third-order valence-corrected chi connectivity index (χ3v) is 5.78. The van der Waals surface area contributed by atoms with E-state index in [-0.39, 0.29) is 18.1 Å². The first-order valence-electron chi connectivity index (χ1n) is 10.6. The van der Waals surface area contributed by atoms with Crippen LogP contribution in [0, 0.1) is 0 Å². The number of nitrogens with zero attached hydrogens (tertiary/aromatic N) is 5. The molecule has 3 fully saturated rings. The molecule has 4 heterocycles. The summed E-state index contributed by atoms with van der Waals surface area (Å²) < 4.78 is 0. The van der Waals surface area contributed by atoms with E-state index in [1.54, 1.807) is 0 Å². The zero-order valence-corrected chi connectivity index (χ0v) is 16.6. The lowest BCUT2D eigenvalue weighted by Gasteiger charge is -2.36. The fraction of sp³-hybridized carbons (Fsp3) is 0.833. The number of nitrogens with one attached hydrogen (secondary N) is 2. The van der Waals surface area contributed by atoms with Crippen LogP contribution in [0.15, 0.2) is 0 Å². The van der Waals surface area contributed by atoms with Crippen molar-refractivity contribution in [1.29, 1.82) is 0 Å². The predicted molar refractivity (Wildman–Crippen MR) is 112 cm³/mol. The van der Waals surface area contributed by atoms with Crippen molar-refractivity contribution in [1.82, 2.24) is 20.3 Å². The van der Waals surface area contributed by atoms with Crippen LogP contribution in [0.3, 0.4) is 0 Å². The van der Waals surface area contributed by atoms with Crippen LogP contribution in [0.4, 0.5) is 17.8 Å². The van der Waals surface area contributed by atoms with Gasteiger partial charge in [0.25, 0.3) is 0 Å². The Balaban J connectivity index is 1.60. The number of hydrogen-bond acceptors (Lipinski definition) is 10. The third kappa shape index (κ3) is 4.80. The molecule has 0 amide bonds. The van der Waals surface area contributed by atoms with Crippen LogP contribution in [-0.4, -0.2) is 78.4 Å². The average Bonchev–Trinajstić information content (AvgIpc) is 2.68. The molecule has 156 valence electrons. The average molecular weight is 391 g/mol. The Morgan fingerprint density at radius 1 is 0.857 bits per heavy atom. The Hall–Kier alpha value is -1.75. The van der Waals surface area contributed by atoms with E-state index >= 15 is 0 Å². The molecule has 1 aromatic heterocycles. The first-order chi connectivity index (χ1) is 13.6. The van der Waals surface area contributed by atoms with Crippen molar-refractivity contribution in [2.24, 2.45) is 17.2 Å². The molecular formula is C18H34N10. The highest BCUT2D eigenvalue weighted by molar-refractivity contribution is 5.46. The van der Waals surface area contributed by atoms with Crippen LogP contribution in [0.25, 0.3) is 0 Å². The van der Waals surface area contributed by atoms with Crippen LogP contribution in [0.1, 0.15) is 32.1 Å². The van der Waals surface area contributed by atoms with Crippen LogP contribution in [-0.2, 0) is 0 Å². The van der Waals surface area contributed by atoms with Crippen molar-refractivity contribution in [3.05, 3.63) is 0 Å². The number of piperidine rings is 3. The number of anilines is 3. The molecule has 4 atom stereocenters. The molecule has 0 radical (unpaired) electrons. The van der Waals surface area contributed by atoms with Gasteiger partial charge in [0.05, 0.1) is 0 Å². The molecule has 3 aliphatic rings. The molecule has 1 unspecified atom stereocenters. The van der Waals surface area contributed by atoms with Crippen molar-refractivity contribution >= 4 is 17.8 Å². The van der Waals surface area contributed by atoms with Gasteiger partial charge in [-0.15, -0.1) is 0 Å². The molecule has 4 rings (SSSR count). The molecule has 0 aromatic carbocycles. The molecule has 0 aliphatic carbocycles. The molecular weight excluding hydrogens is 356 g/mol. The summed E-state index contributed by atoms with van der Waals surface area (Å²) in [7, 11) is 0. The van der Waals surface area contributed by atoms with Gasteiger partial charge in [0.15, 0.2) is 0 Å². The maximum atomic E-state index is 6.20. The molecule has 10 nitrogen and oxygen atoms in total. The summed E-state index contributed by atoms with van der Waals surface area (Å²) in [4.78, 5) is 18.5. The summed E-state index contributed by atoms with van der Waals surface area (Å²) >= 11 is 0. The maximum absolute atomic E-state index is 6.20. The number of hydrogen-bond donors (Lipinski definition) is 5. The third-order valence-electron chi connectivity index (χ3n) is 5.78. The second kappa shape index (κ2) is 8.73. The summed E-state index contributed by atoms with van der Waals surface area (Å²) in [6.07, 6.45) is 5.19. The molecule has 0 spiro atoms. The largest absolute Gasteiger partial charge is 0.350 e. The lowest BCUT2D eigenvalue weighted by Crippen LogP contribution is -2.53. The summed E-state index contributed by atoms with van der Waals surface area (Å²) in [5, 5.41) is 6.93. The predicted octanol–water partition coefficient (Wildman–Crippen LogP) is -1.17. The van der Waals surface area contributed by atoms with E-state index in [0.29, 0.717) is 37.0 Å². The smallest absolute Gasteiger partial charge is 0.232 e. The Kier molecular flexibility index (Phi) is 6.10. The van der Waals surface area contributed by atoms with Crippen molar-refractivity contribution in [2.45, 2.75) is 56.3 Å². The minimum absolute atomic E-state index is 0.0336. The van der Waals surface area contributed by atoms with Crippen LogP contribution >= 0.6 is 0 Å². The first-order valence-corrected chi connectivity index (χ1v) is 10.6. The fourth-order valence-electron chi connectivity index (χ4n) is 4.39. The molecule has 1 aromatic rings. The lowest BCUT2D eigenvalue weighted by molar-refractivity contribution is 0.445. The van der Waals surface area contributed by atoms with Gasteiger partial charge in [-0.3, -0.25) is 0 Å². The minimum atomic E-state index is 0.0336. The highest BCUT2D eigenvalue weighted by Crippen LogP contribution is 2.23. The van der Waals surface area contributed by atoms with Gasteiger partial charge in [-0.25, -0.2) is 0 Å². The van der Waals surface area contributed by atoms with E-state index in [1.165, 1.54) is 0 Å². The van der Waals surface area contributed by atoms with Crippen molar-refractivity contribution in [3.8, 4) is 0 Å². The second-order valence-electron chi connectivity index (χ2n) is 8.46. The van der Waals surface area contributed by atoms with E-state index in [4.69, 9.17) is 32.2 Å². The number of nitrogens with two attached hydrogens (primary N) is 3. The zero-order chi connectivity index (χ0) is 19.5. The fourth-order valence-corrected chi connectivity index (χ4v) is 4.39. The summed E-state index contributed by atoms with van der Waals surface area (Å²) in [5.74, 6) is 1.97. The lowest BCUT2D eigenvalue weighted by atomic mass is 10.0. The molecule has 0 bridgehead atoms. The molecule has 10 heteroatoms. The summed E-state index contributed by atoms with van der Waals surface area (Å²) in [6, 6.07) is 0.550. The molecule has 3 saturated heterocycles. The van der Waals surface area contributed by atoms with Crippen LogP contribution in [0.2, 0.25) is 0 Å². The quantitative estimate of drug-likeness (QED) is 0.426. The SMILES string of the molecule is N[C@@H]1CCCN(c2nc(NC3CCCNC3)nc(N3C[C@H](N)C[C@H](N)C3)n2)C1. The van der Waals surface area contributed by atoms with Gasteiger partial charge in [-0.05, 0) is 38.6 Å². The van der Waals surface area contributed by atoms with E-state index in [1.807, 2.05) is 0 Å². The minimum Gasteiger partial charge on any atom is -0.350 e. The zero-order valence-electron chi connectivity index (χ0n) is 16.6. The Labute approximate surface area is 166 Å². The second-order valence-corrected chi connectivity index (χ2v) is 8.46. The Bertz CT molecular complexity index is 639. The van der Waals surface area contributed by atoms with Gasteiger partial charge in [-0.2, -0.15) is 15.0 Å². The monoisotopic (exact) mass is 390 g/mol. The number of rotatable bonds is 4. The molecule has 28 heavy (non-hydrogen) atoms. The Morgan fingerprint density at radius 3 is 2.25 bits per heavy atom. The van der Waals surface area contributed by atoms with Crippen LogP contribution in [0.5, 0.6) is 0 Å². The van der Waals surface area contributed by atoms with E-state index in [0.717, 1.165) is 58.3 Å². The van der Waals surface area contributed by atoms with Crippen molar-refractivity contribution in [3.63, 3.8) is 0 Å². The topological polar surface area (TPSA) is 147 Å². The van der Waals surface area contributed by atoms with Crippen molar-refractivity contribution in [2.75, 3.05) is 54.4 Å². The number of aromatic nitrogens is 3. The highest BCUT2D eigenvalue weighted by atomic mass is 15.4. The summed E-state index contributed by atoms with van der Waals surface area (Å²) in [5.41, 5.74) is 18.6. The Morgan fingerprint density at radius 2 is 1.57 bits per heavy atom. The normalized spacial score (nSPS) is 31.7. The highest BCUT2D eigenvalue weighted by Gasteiger charge is 2.27. The first kappa shape index (κ1) is 19.6. The van der Waals surface area contributed by atoms with Gasteiger partial charge in [0.2, 0.25) is 17.8 Å². The molecule has 3 aliphatic heterocycles. The standard InChI is InChI=1S/C18H34N10/c19-12-3-2-6-27(9-12)17-24-16(23-15-4-1-5-22-8-15)25-18(26-17)28-10-13(20)7-14(21)11-28/h12-15,22H,1-11,19-21H2,(H,23,24,25,26)/t12-,13-,14+,15?/m1/s1. The van der Waals surface area contributed by atoms with E-state index in [9.17, 15) is 0 Å². The van der Waals surface area contributed by atoms with Gasteiger partial charge in [-0.1, -0.05) is 0 Å². The molecule has 0 saturated carbocycles. The summed E-state index contributed by atoms with van der Waals surface area (Å²) in [6.45, 7) is 5.10. The van der Waals surface area contributed by atoms with Crippen LogP contribution < -0.4 is 37.6 Å². The van der Waals surface area contributed by atoms with E-state index in [2.05, 4.69) is 20.4 Å².